The summed E-state index contributed by atoms with van der Waals surface area (Å²) in [7, 11) is 1.20. The van der Waals surface area contributed by atoms with E-state index in [4.69, 9.17) is 43.9 Å². The van der Waals surface area contributed by atoms with Crippen molar-refractivity contribution in [3.05, 3.63) is 23.8 Å². The molecule has 58 heavy (non-hydrogen) atoms. The maximum Gasteiger partial charge on any atom is 0.328 e. The minimum atomic E-state index is -1.14. The Labute approximate surface area is 342 Å². The zero-order valence-corrected chi connectivity index (χ0v) is 34.5. The first-order valence-corrected chi connectivity index (χ1v) is 20.5. The fraction of sp³-hybridized carbons (Fsp3) is 0.667. The lowest BCUT2D eigenvalue weighted by molar-refractivity contribution is -0.145. The molecule has 0 spiro atoms. The number of aliphatic imine (C=N–C) groups is 3. The van der Waals surface area contributed by atoms with Crippen molar-refractivity contribution in [3.63, 3.8) is 0 Å². The second kappa shape index (κ2) is 28.0. The maximum atomic E-state index is 13.8. The number of carbonyl (C=O) groups excluding carboxylic acids is 4. The Kier molecular flexibility index (Phi) is 23.5. The number of hydrogen-bond acceptors (Lipinski definition) is 10. The Hall–Kier alpha value is -5.49. The van der Waals surface area contributed by atoms with Gasteiger partial charge in [0.2, 0.25) is 11.8 Å². The van der Waals surface area contributed by atoms with Gasteiger partial charge < -0.3 is 64.7 Å². The number of anilines is 1. The van der Waals surface area contributed by atoms with Crippen LogP contribution in [0.1, 0.15) is 102 Å². The molecule has 1 heterocycles. The van der Waals surface area contributed by atoms with Gasteiger partial charge in [-0.25, -0.2) is 4.79 Å². The minimum absolute atomic E-state index is 0.100. The smallest absolute Gasteiger partial charge is 0.328 e. The zero-order valence-electron chi connectivity index (χ0n) is 34.5. The first kappa shape index (κ1) is 48.7. The lowest BCUT2D eigenvalue weighted by atomic mass is 10.0. The number of amides is 3. The highest BCUT2D eigenvalue weighted by Crippen LogP contribution is 2.31. The van der Waals surface area contributed by atoms with E-state index in [2.05, 4.69) is 48.8 Å². The molecule has 3 atom stereocenters. The van der Waals surface area contributed by atoms with Crippen LogP contribution in [0.3, 0.4) is 0 Å². The van der Waals surface area contributed by atoms with Crippen molar-refractivity contribution in [3.8, 4) is 5.75 Å². The summed E-state index contributed by atoms with van der Waals surface area (Å²) in [6.07, 6.45) is 12.2. The number of ether oxygens (including phenoxy) is 2. The number of aryl methyl sites for hydroxylation is 1. The number of methoxy groups -OCH3 is 1. The van der Waals surface area contributed by atoms with Gasteiger partial charge in [0.25, 0.3) is 5.91 Å². The van der Waals surface area contributed by atoms with E-state index in [0.717, 1.165) is 32.4 Å². The molecule has 19 nitrogen and oxygen atoms in total. The van der Waals surface area contributed by atoms with Crippen LogP contribution in [0.2, 0.25) is 0 Å². The van der Waals surface area contributed by atoms with Crippen molar-refractivity contribution in [2.75, 3.05) is 51.3 Å². The van der Waals surface area contributed by atoms with Crippen LogP contribution in [0.5, 0.6) is 5.75 Å². The average Bonchev–Trinajstić information content (AvgIpc) is 3.19. The van der Waals surface area contributed by atoms with Gasteiger partial charge in [-0.2, -0.15) is 0 Å². The van der Waals surface area contributed by atoms with Gasteiger partial charge in [-0.15, -0.1) is 0 Å². The van der Waals surface area contributed by atoms with Crippen LogP contribution < -0.4 is 60.0 Å². The quantitative estimate of drug-likeness (QED) is 0.0229. The molecule has 19 heteroatoms. The summed E-state index contributed by atoms with van der Waals surface area (Å²) in [5.41, 5.74) is 35.0. The number of esters is 1. The van der Waals surface area contributed by atoms with Gasteiger partial charge in [0.05, 0.1) is 7.11 Å². The normalized spacial score (nSPS) is 13.4. The van der Waals surface area contributed by atoms with E-state index < -0.39 is 41.8 Å². The van der Waals surface area contributed by atoms with Gasteiger partial charge in [0.15, 0.2) is 24.5 Å². The van der Waals surface area contributed by atoms with Crippen LogP contribution >= 0.6 is 0 Å². The van der Waals surface area contributed by atoms with Gasteiger partial charge >= 0.3 is 5.97 Å². The number of benzene rings is 1. The molecule has 326 valence electrons. The molecule has 15 N–H and O–H groups in total. The highest BCUT2D eigenvalue weighted by molar-refractivity contribution is 5.93. The first-order chi connectivity index (χ1) is 27.8. The van der Waals surface area contributed by atoms with E-state index in [9.17, 15) is 19.2 Å². The SMILES string of the molecule is CCCCCCCCCN1CCCc2cc(OCC(=O)N[C@@H](CCCN=C(N)N)C(=O)N[C@@H](CCCN=C(N)N)C(=O)N[C@@H](CCCN=C(N)N)C(=O)OC)ccc21. The third kappa shape index (κ3) is 20.1. The molecule has 0 fully saturated rings. The number of fused-ring (bicyclic) bond motifs is 1. The maximum absolute atomic E-state index is 13.8. The number of unbranched alkanes of at least 4 members (excludes halogenated alkanes) is 6. The summed E-state index contributed by atoms with van der Waals surface area (Å²) in [6, 6.07) is 2.62. The highest BCUT2D eigenvalue weighted by atomic mass is 16.5. The second-order valence-electron chi connectivity index (χ2n) is 14.4. The average molecular weight is 816 g/mol. The molecule has 0 bridgehead atoms. The van der Waals surface area contributed by atoms with Crippen molar-refractivity contribution in [2.45, 2.75) is 121 Å². The molecular formula is C39H69N13O6. The van der Waals surface area contributed by atoms with Gasteiger partial charge in [-0.1, -0.05) is 45.4 Å². The summed E-state index contributed by atoms with van der Waals surface area (Å²) in [6.45, 7) is 4.52. The molecule has 0 saturated carbocycles. The van der Waals surface area contributed by atoms with E-state index in [-0.39, 0.29) is 63.4 Å². The number of hydrogen-bond donors (Lipinski definition) is 9. The van der Waals surface area contributed by atoms with E-state index >= 15 is 0 Å². The molecule has 0 unspecified atom stereocenters. The standard InChI is InChI=1S/C39H69N13O6/c1-3-4-5-6-7-8-9-23-52-24-13-14-27-25-28(18-19-32(27)52)58-26-33(53)49-29(15-10-20-46-37(40)41)34(54)50-30(16-11-21-47-38(42)43)35(55)51-31(36(56)57-2)17-12-22-48-39(44)45/h18-19,25,29-31H,3-17,20-24,26H2,1-2H3,(H,49,53)(H,50,54)(H,51,55)(H4,40,41,46)(H4,42,43,47)(H4,44,45,48)/t29-,30-,31-/m0/s1. The van der Waals surface area contributed by atoms with Crippen LogP contribution in [0.15, 0.2) is 33.2 Å². The van der Waals surface area contributed by atoms with Crippen LogP contribution in [-0.4, -0.2) is 106 Å². The van der Waals surface area contributed by atoms with Crippen LogP contribution in [0, 0.1) is 0 Å². The second-order valence-corrected chi connectivity index (χ2v) is 14.4. The van der Waals surface area contributed by atoms with E-state index in [1.165, 1.54) is 56.9 Å². The Morgan fingerprint density at radius 1 is 0.707 bits per heavy atom. The first-order valence-electron chi connectivity index (χ1n) is 20.5. The highest BCUT2D eigenvalue weighted by Gasteiger charge is 2.30. The van der Waals surface area contributed by atoms with E-state index in [0.29, 0.717) is 25.0 Å². The summed E-state index contributed by atoms with van der Waals surface area (Å²) in [5.74, 6) is -2.31. The van der Waals surface area contributed by atoms with Crippen LogP contribution in [-0.2, 0) is 30.3 Å². The molecule has 0 saturated heterocycles. The third-order valence-electron chi connectivity index (χ3n) is 9.59. The largest absolute Gasteiger partial charge is 0.484 e. The van der Waals surface area contributed by atoms with Crippen molar-refractivity contribution >= 4 is 47.3 Å². The third-order valence-corrected chi connectivity index (χ3v) is 9.59. The Morgan fingerprint density at radius 3 is 1.78 bits per heavy atom. The predicted octanol–water partition coefficient (Wildman–Crippen LogP) is 0.357. The molecule has 1 aromatic rings. The van der Waals surface area contributed by atoms with Crippen molar-refractivity contribution in [2.24, 2.45) is 49.4 Å². The fourth-order valence-corrected chi connectivity index (χ4v) is 6.60. The molecule has 0 aliphatic carbocycles. The molecular weight excluding hydrogens is 747 g/mol. The number of rotatable bonds is 29. The summed E-state index contributed by atoms with van der Waals surface area (Å²) >= 11 is 0. The number of carbonyl (C=O) groups is 4. The summed E-state index contributed by atoms with van der Waals surface area (Å²) in [5, 5.41) is 8.13. The number of nitrogens with two attached hydrogens (primary N) is 6. The minimum Gasteiger partial charge on any atom is -0.484 e. The van der Waals surface area contributed by atoms with Gasteiger partial charge in [0, 0.05) is 38.4 Å². The number of guanidine groups is 3. The van der Waals surface area contributed by atoms with E-state index in [1.54, 1.807) is 0 Å². The Morgan fingerprint density at radius 2 is 1.22 bits per heavy atom. The predicted molar refractivity (Wildman–Crippen MR) is 228 cm³/mol. The summed E-state index contributed by atoms with van der Waals surface area (Å²) < 4.78 is 10.8. The lowest BCUT2D eigenvalue weighted by Crippen LogP contribution is -2.56. The number of nitrogens with zero attached hydrogens (tertiary/aromatic N) is 4. The molecule has 1 aliphatic heterocycles. The van der Waals surface area contributed by atoms with E-state index in [1.807, 2.05) is 12.1 Å². The molecule has 2 rings (SSSR count). The molecule has 0 radical (unpaired) electrons. The van der Waals surface area contributed by atoms with Crippen LogP contribution in [0.25, 0.3) is 0 Å². The molecule has 0 aromatic heterocycles. The molecule has 1 aliphatic rings. The Bertz CT molecular complexity index is 1510. The van der Waals surface area contributed by atoms with Gasteiger partial charge in [-0.05, 0) is 81.5 Å². The number of nitrogens with one attached hydrogen (secondary N) is 3. The lowest BCUT2D eigenvalue weighted by Gasteiger charge is -2.31. The fourth-order valence-electron chi connectivity index (χ4n) is 6.60. The Balaban J connectivity index is 2.13. The topological polar surface area (TPSA) is 319 Å². The zero-order chi connectivity index (χ0) is 42.7. The molecule has 1 aromatic carbocycles. The van der Waals surface area contributed by atoms with Gasteiger partial charge in [-0.3, -0.25) is 29.4 Å². The monoisotopic (exact) mass is 816 g/mol. The molecule has 3 amide bonds. The van der Waals surface area contributed by atoms with Gasteiger partial charge in [0.1, 0.15) is 23.9 Å². The van der Waals surface area contributed by atoms with Crippen molar-refractivity contribution in [1.82, 2.24) is 16.0 Å². The summed E-state index contributed by atoms with van der Waals surface area (Å²) in [4.78, 5) is 67.5. The van der Waals surface area contributed by atoms with Crippen molar-refractivity contribution < 1.29 is 28.7 Å². The van der Waals surface area contributed by atoms with Crippen LogP contribution in [0.4, 0.5) is 5.69 Å². The van der Waals surface area contributed by atoms with Crippen molar-refractivity contribution in [1.29, 1.82) is 0 Å².